The van der Waals surface area contributed by atoms with E-state index in [9.17, 15) is 0 Å². The highest BCUT2D eigenvalue weighted by Crippen LogP contribution is 2.32. The van der Waals surface area contributed by atoms with Gasteiger partial charge >= 0.3 is 0 Å². The van der Waals surface area contributed by atoms with Crippen molar-refractivity contribution in [1.82, 2.24) is 4.98 Å². The Labute approximate surface area is 108 Å². The van der Waals surface area contributed by atoms with Gasteiger partial charge in [0.1, 0.15) is 0 Å². The van der Waals surface area contributed by atoms with Crippen LogP contribution in [0.15, 0.2) is 42.6 Å². The van der Waals surface area contributed by atoms with Gasteiger partial charge < -0.3 is 15.6 Å². The molecule has 0 bridgehead atoms. The number of nitrogens with two attached hydrogens (primary N) is 1. The quantitative estimate of drug-likeness (QED) is 0.867. The van der Waals surface area contributed by atoms with Crippen molar-refractivity contribution in [2.24, 2.45) is 5.73 Å². The van der Waals surface area contributed by atoms with Gasteiger partial charge in [0.15, 0.2) is 0 Å². The third kappa shape index (κ3) is 1.91. The van der Waals surface area contributed by atoms with E-state index in [0.717, 1.165) is 6.54 Å². The first-order valence-electron chi connectivity index (χ1n) is 6.58. The van der Waals surface area contributed by atoms with Gasteiger partial charge in [0, 0.05) is 30.7 Å². The zero-order chi connectivity index (χ0) is 12.4. The molecule has 3 heteroatoms. The van der Waals surface area contributed by atoms with E-state index in [1.807, 2.05) is 12.3 Å². The molecule has 94 valence electrons. The molecule has 0 fully saturated rings. The lowest BCUT2D eigenvalue weighted by Crippen LogP contribution is -2.37. The van der Waals surface area contributed by atoms with Crippen molar-refractivity contribution >= 4 is 5.69 Å². The van der Waals surface area contributed by atoms with E-state index in [-0.39, 0.29) is 6.04 Å². The molecule has 18 heavy (non-hydrogen) atoms. The molecule has 0 radical (unpaired) electrons. The number of fused-ring (bicyclic) bond motifs is 1. The highest BCUT2D eigenvalue weighted by atomic mass is 15.2. The molecular formula is C15H19N3. The van der Waals surface area contributed by atoms with Gasteiger partial charge in [0.2, 0.25) is 0 Å². The minimum atomic E-state index is 0.251. The zero-order valence-electron chi connectivity index (χ0n) is 10.5. The number of H-pyrrole nitrogens is 1. The maximum atomic E-state index is 5.99. The highest BCUT2D eigenvalue weighted by Gasteiger charge is 2.24. The Morgan fingerprint density at radius 2 is 2.11 bits per heavy atom. The maximum Gasteiger partial charge on any atom is 0.0813 e. The molecule has 1 aliphatic rings. The smallest absolute Gasteiger partial charge is 0.0813 e. The van der Waals surface area contributed by atoms with E-state index >= 15 is 0 Å². The van der Waals surface area contributed by atoms with Crippen LogP contribution in [-0.4, -0.2) is 18.1 Å². The third-order valence-corrected chi connectivity index (χ3v) is 3.73. The van der Waals surface area contributed by atoms with Gasteiger partial charge in [-0.25, -0.2) is 0 Å². The molecule has 0 aliphatic carbocycles. The predicted octanol–water partition coefficient (Wildman–Crippen LogP) is 2.47. The monoisotopic (exact) mass is 241 g/mol. The standard InChI is InChI=1S/C15H19N3/c16-11-15(13-7-3-9-17-13)18-10-4-6-12-5-1-2-8-14(12)18/h1-3,5,7-9,15,17H,4,6,10-11,16H2. The average molecular weight is 241 g/mol. The second-order valence-corrected chi connectivity index (χ2v) is 4.80. The van der Waals surface area contributed by atoms with Crippen molar-refractivity contribution in [2.75, 3.05) is 18.0 Å². The zero-order valence-corrected chi connectivity index (χ0v) is 10.5. The second-order valence-electron chi connectivity index (χ2n) is 4.80. The van der Waals surface area contributed by atoms with Crippen molar-refractivity contribution in [3.8, 4) is 0 Å². The fraction of sp³-hybridized carbons (Fsp3) is 0.333. The second kappa shape index (κ2) is 4.86. The molecule has 3 N–H and O–H groups in total. The molecule has 1 unspecified atom stereocenters. The van der Waals surface area contributed by atoms with Gasteiger partial charge in [-0.1, -0.05) is 18.2 Å². The Balaban J connectivity index is 1.97. The minimum Gasteiger partial charge on any atom is -0.363 e. The van der Waals surface area contributed by atoms with Gasteiger partial charge in [-0.15, -0.1) is 0 Å². The summed E-state index contributed by atoms with van der Waals surface area (Å²) < 4.78 is 0. The van der Waals surface area contributed by atoms with E-state index in [4.69, 9.17) is 5.73 Å². The van der Waals surface area contributed by atoms with Crippen LogP contribution in [0.4, 0.5) is 5.69 Å². The number of rotatable bonds is 3. The van der Waals surface area contributed by atoms with Crippen LogP contribution in [0.5, 0.6) is 0 Å². The van der Waals surface area contributed by atoms with Gasteiger partial charge in [-0.2, -0.15) is 0 Å². The molecule has 0 saturated heterocycles. The number of hydrogen-bond acceptors (Lipinski definition) is 2. The van der Waals surface area contributed by atoms with Crippen LogP contribution in [0.2, 0.25) is 0 Å². The highest BCUT2D eigenvalue weighted by molar-refractivity contribution is 5.56. The van der Waals surface area contributed by atoms with Crippen molar-refractivity contribution in [3.05, 3.63) is 53.9 Å². The summed E-state index contributed by atoms with van der Waals surface area (Å²) in [4.78, 5) is 5.73. The summed E-state index contributed by atoms with van der Waals surface area (Å²) in [5.41, 5.74) is 9.97. The predicted molar refractivity (Wildman–Crippen MR) is 74.7 cm³/mol. The normalized spacial score (nSPS) is 16.4. The van der Waals surface area contributed by atoms with Gasteiger partial charge in [0.05, 0.1) is 6.04 Å². The molecule has 2 aromatic rings. The largest absolute Gasteiger partial charge is 0.363 e. The Kier molecular flexibility index (Phi) is 3.07. The average Bonchev–Trinajstić information content (AvgIpc) is 2.94. The Hall–Kier alpha value is -1.74. The number of nitrogens with one attached hydrogen (secondary N) is 1. The lowest BCUT2D eigenvalue weighted by Gasteiger charge is -2.37. The van der Waals surface area contributed by atoms with Crippen molar-refractivity contribution < 1.29 is 0 Å². The first kappa shape index (κ1) is 11.4. The fourth-order valence-electron chi connectivity index (χ4n) is 2.86. The summed E-state index contributed by atoms with van der Waals surface area (Å²) in [5.74, 6) is 0. The number of nitrogens with zero attached hydrogens (tertiary/aromatic N) is 1. The van der Waals surface area contributed by atoms with Crippen molar-refractivity contribution in [3.63, 3.8) is 0 Å². The van der Waals surface area contributed by atoms with Crippen LogP contribution < -0.4 is 10.6 Å². The summed E-state index contributed by atoms with van der Waals surface area (Å²) in [7, 11) is 0. The number of aromatic amines is 1. The van der Waals surface area contributed by atoms with Gasteiger partial charge in [0.25, 0.3) is 0 Å². The number of aromatic nitrogens is 1. The molecule has 3 nitrogen and oxygen atoms in total. The first-order chi connectivity index (χ1) is 8.90. The molecule has 2 heterocycles. The summed E-state index contributed by atoms with van der Waals surface area (Å²) in [6, 6.07) is 13.1. The van der Waals surface area contributed by atoms with Crippen LogP contribution in [0.3, 0.4) is 0 Å². The topological polar surface area (TPSA) is 45.1 Å². The molecule has 3 rings (SSSR count). The summed E-state index contributed by atoms with van der Waals surface area (Å²) in [6.45, 7) is 1.72. The van der Waals surface area contributed by atoms with Gasteiger partial charge in [-0.3, -0.25) is 0 Å². The van der Waals surface area contributed by atoms with Crippen LogP contribution in [-0.2, 0) is 6.42 Å². The van der Waals surface area contributed by atoms with E-state index in [0.29, 0.717) is 6.54 Å². The molecule has 0 amide bonds. The van der Waals surface area contributed by atoms with Crippen molar-refractivity contribution in [1.29, 1.82) is 0 Å². The molecule has 1 atom stereocenters. The summed E-state index contributed by atoms with van der Waals surface area (Å²) in [6.07, 6.45) is 4.34. The summed E-state index contributed by atoms with van der Waals surface area (Å²) in [5, 5.41) is 0. The number of benzene rings is 1. The van der Waals surface area contributed by atoms with Crippen LogP contribution in [0.1, 0.15) is 23.7 Å². The summed E-state index contributed by atoms with van der Waals surface area (Å²) >= 11 is 0. The molecule has 1 aromatic carbocycles. The lowest BCUT2D eigenvalue weighted by atomic mass is 9.99. The van der Waals surface area contributed by atoms with Gasteiger partial charge in [-0.05, 0) is 36.6 Å². The SMILES string of the molecule is NCC(c1ccc[nH]1)N1CCCc2ccccc21. The molecule has 0 saturated carbocycles. The van der Waals surface area contributed by atoms with E-state index < -0.39 is 0 Å². The van der Waals surface area contributed by atoms with Crippen molar-refractivity contribution in [2.45, 2.75) is 18.9 Å². The molecular weight excluding hydrogens is 222 g/mol. The number of hydrogen-bond donors (Lipinski definition) is 2. The molecule has 0 spiro atoms. The van der Waals surface area contributed by atoms with Crippen LogP contribution in [0.25, 0.3) is 0 Å². The van der Waals surface area contributed by atoms with E-state index in [1.165, 1.54) is 29.8 Å². The Bertz CT molecular complexity index is 504. The molecule has 1 aliphatic heterocycles. The Morgan fingerprint density at radius 3 is 2.89 bits per heavy atom. The third-order valence-electron chi connectivity index (χ3n) is 3.73. The minimum absolute atomic E-state index is 0.251. The maximum absolute atomic E-state index is 5.99. The van der Waals surface area contributed by atoms with E-state index in [2.05, 4.69) is 40.2 Å². The van der Waals surface area contributed by atoms with E-state index in [1.54, 1.807) is 0 Å². The van der Waals surface area contributed by atoms with Crippen LogP contribution in [0, 0.1) is 0 Å². The molecule has 1 aromatic heterocycles. The first-order valence-corrected chi connectivity index (χ1v) is 6.58. The van der Waals surface area contributed by atoms with Crippen LogP contribution >= 0.6 is 0 Å². The fourth-order valence-corrected chi connectivity index (χ4v) is 2.86. The number of para-hydroxylation sites is 1. The lowest BCUT2D eigenvalue weighted by molar-refractivity contribution is 0.579. The number of aryl methyl sites for hydroxylation is 1. The Morgan fingerprint density at radius 1 is 1.22 bits per heavy atom. The number of anilines is 1.